The van der Waals surface area contributed by atoms with E-state index in [1.807, 2.05) is 16.7 Å². The fourth-order valence-electron chi connectivity index (χ4n) is 3.00. The minimum absolute atomic E-state index is 0.111. The normalized spacial score (nSPS) is 20.1. The number of carbonyl (C=O) groups is 1. The summed E-state index contributed by atoms with van der Waals surface area (Å²) in [5.41, 5.74) is 2.64. The molecule has 0 radical (unpaired) electrons. The van der Waals surface area contributed by atoms with Crippen molar-refractivity contribution in [3.63, 3.8) is 0 Å². The molecule has 5 heteroatoms. The van der Waals surface area contributed by atoms with Crippen LogP contribution < -0.4 is 5.32 Å². The van der Waals surface area contributed by atoms with Crippen LogP contribution in [-0.2, 0) is 10.5 Å². The Labute approximate surface area is 149 Å². The fourth-order valence-corrected chi connectivity index (χ4v) is 3.81. The minimum atomic E-state index is 0.111. The molecule has 1 aliphatic heterocycles. The second-order valence-corrected chi connectivity index (χ2v) is 7.99. The molecule has 4 nitrogen and oxygen atoms in total. The lowest BCUT2D eigenvalue weighted by molar-refractivity contribution is 0.162. The van der Waals surface area contributed by atoms with Crippen LogP contribution in [0.25, 0.3) is 0 Å². The van der Waals surface area contributed by atoms with Gasteiger partial charge in [0.25, 0.3) is 0 Å². The summed E-state index contributed by atoms with van der Waals surface area (Å²) in [6, 6.07) is 9.24. The standard InChI is InChI=1S/C19H28N2O2S/c1-15-2-4-16(5-3-15)14-24-11-9-20-19(22)21(18-6-7-18)12-17-8-10-23-13-17/h2-5,17-18H,6-14H2,1H3,(H,20,22). The SMILES string of the molecule is Cc1ccc(CSCCNC(=O)N(CC2CCOC2)C2CC2)cc1. The molecule has 2 amide bonds. The van der Waals surface area contributed by atoms with E-state index in [1.165, 1.54) is 11.1 Å². The lowest BCUT2D eigenvalue weighted by Gasteiger charge is -2.25. The Bertz CT molecular complexity index is 525. The highest BCUT2D eigenvalue weighted by molar-refractivity contribution is 7.98. The fraction of sp³-hybridized carbons (Fsp3) is 0.632. The molecule has 1 aromatic carbocycles. The van der Waals surface area contributed by atoms with Crippen molar-refractivity contribution in [3.8, 4) is 0 Å². The third-order valence-corrected chi connectivity index (χ3v) is 5.67. The van der Waals surface area contributed by atoms with Crippen LogP contribution in [0.4, 0.5) is 4.79 Å². The van der Waals surface area contributed by atoms with Crippen molar-refractivity contribution < 1.29 is 9.53 Å². The maximum Gasteiger partial charge on any atom is 0.317 e. The van der Waals surface area contributed by atoms with Gasteiger partial charge in [-0.1, -0.05) is 29.8 Å². The van der Waals surface area contributed by atoms with Crippen LogP contribution in [-0.4, -0.2) is 49.0 Å². The van der Waals surface area contributed by atoms with Crippen LogP contribution in [0.2, 0.25) is 0 Å². The molecule has 0 aromatic heterocycles. The summed E-state index contributed by atoms with van der Waals surface area (Å²) in [6.45, 7) is 5.35. The first-order chi connectivity index (χ1) is 11.7. The summed E-state index contributed by atoms with van der Waals surface area (Å²) in [5.74, 6) is 2.47. The number of hydrogen-bond donors (Lipinski definition) is 1. The van der Waals surface area contributed by atoms with Gasteiger partial charge < -0.3 is 15.0 Å². The van der Waals surface area contributed by atoms with E-state index in [4.69, 9.17) is 4.74 Å². The van der Waals surface area contributed by atoms with Crippen LogP contribution >= 0.6 is 11.8 Å². The molecule has 132 valence electrons. The first-order valence-electron chi connectivity index (χ1n) is 8.98. The minimum Gasteiger partial charge on any atom is -0.381 e. The molecule has 1 heterocycles. The molecule has 0 spiro atoms. The first kappa shape index (κ1) is 17.6. The predicted molar refractivity (Wildman–Crippen MR) is 99.4 cm³/mol. The van der Waals surface area contributed by atoms with Gasteiger partial charge in [0.1, 0.15) is 0 Å². The number of urea groups is 1. The Balaban J connectivity index is 1.34. The number of amides is 2. The maximum absolute atomic E-state index is 12.4. The van der Waals surface area contributed by atoms with E-state index in [0.717, 1.165) is 57.1 Å². The lowest BCUT2D eigenvalue weighted by Crippen LogP contribution is -2.44. The van der Waals surface area contributed by atoms with E-state index in [0.29, 0.717) is 12.0 Å². The van der Waals surface area contributed by atoms with E-state index < -0.39 is 0 Å². The van der Waals surface area contributed by atoms with Gasteiger partial charge in [-0.25, -0.2) is 4.79 Å². The van der Waals surface area contributed by atoms with Gasteiger partial charge in [0, 0.05) is 43.2 Å². The van der Waals surface area contributed by atoms with Crippen molar-refractivity contribution in [1.82, 2.24) is 10.2 Å². The second-order valence-electron chi connectivity index (χ2n) is 6.88. The van der Waals surface area contributed by atoms with Gasteiger partial charge in [-0.05, 0) is 31.7 Å². The third-order valence-electron chi connectivity index (χ3n) is 4.64. The summed E-state index contributed by atoms with van der Waals surface area (Å²) in [5, 5.41) is 3.10. The molecule has 1 aliphatic carbocycles. The number of hydrogen-bond acceptors (Lipinski definition) is 3. The largest absolute Gasteiger partial charge is 0.381 e. The van der Waals surface area contributed by atoms with Crippen molar-refractivity contribution >= 4 is 17.8 Å². The molecule has 1 atom stereocenters. The van der Waals surface area contributed by atoms with Crippen molar-refractivity contribution in [2.24, 2.45) is 5.92 Å². The smallest absolute Gasteiger partial charge is 0.317 e. The monoisotopic (exact) mass is 348 g/mol. The average molecular weight is 349 g/mol. The highest BCUT2D eigenvalue weighted by Gasteiger charge is 2.34. The summed E-state index contributed by atoms with van der Waals surface area (Å²) >= 11 is 1.87. The molecule has 3 rings (SSSR count). The highest BCUT2D eigenvalue weighted by atomic mass is 32.2. The molecular formula is C19H28N2O2S. The average Bonchev–Trinajstić information content (AvgIpc) is 3.29. The molecule has 2 aliphatic rings. The second kappa shape index (κ2) is 8.77. The van der Waals surface area contributed by atoms with Gasteiger partial charge in [-0.15, -0.1) is 0 Å². The molecule has 1 N–H and O–H groups in total. The summed E-state index contributed by atoms with van der Waals surface area (Å²) < 4.78 is 5.44. The summed E-state index contributed by atoms with van der Waals surface area (Å²) in [7, 11) is 0. The van der Waals surface area contributed by atoms with Gasteiger partial charge in [0.2, 0.25) is 0 Å². The highest BCUT2D eigenvalue weighted by Crippen LogP contribution is 2.29. The first-order valence-corrected chi connectivity index (χ1v) is 10.1. The zero-order valence-corrected chi connectivity index (χ0v) is 15.3. The summed E-state index contributed by atoms with van der Waals surface area (Å²) in [4.78, 5) is 14.5. The van der Waals surface area contributed by atoms with Crippen LogP contribution in [0, 0.1) is 12.8 Å². The molecule has 1 unspecified atom stereocenters. The van der Waals surface area contributed by atoms with Crippen LogP contribution in [0.3, 0.4) is 0 Å². The number of thioether (sulfide) groups is 1. The lowest BCUT2D eigenvalue weighted by atomic mass is 10.1. The zero-order chi connectivity index (χ0) is 16.8. The molecular weight excluding hydrogens is 320 g/mol. The number of carbonyl (C=O) groups excluding carboxylic acids is 1. The van der Waals surface area contributed by atoms with Crippen LogP contribution in [0.15, 0.2) is 24.3 Å². The summed E-state index contributed by atoms with van der Waals surface area (Å²) in [6.07, 6.45) is 3.40. The van der Waals surface area contributed by atoms with Gasteiger partial charge in [0.15, 0.2) is 0 Å². The van der Waals surface area contributed by atoms with E-state index >= 15 is 0 Å². The topological polar surface area (TPSA) is 41.6 Å². The molecule has 0 bridgehead atoms. The molecule has 1 saturated carbocycles. The zero-order valence-electron chi connectivity index (χ0n) is 14.5. The Morgan fingerprint density at radius 1 is 1.29 bits per heavy atom. The Hall–Kier alpha value is -1.20. The van der Waals surface area contributed by atoms with Gasteiger partial charge in [-0.3, -0.25) is 0 Å². The Morgan fingerprint density at radius 2 is 2.08 bits per heavy atom. The number of rotatable bonds is 8. The van der Waals surface area contributed by atoms with Crippen molar-refractivity contribution in [1.29, 1.82) is 0 Å². The van der Waals surface area contributed by atoms with Gasteiger partial charge in [0.05, 0.1) is 6.61 Å². The predicted octanol–water partition coefficient (Wildman–Crippen LogP) is 3.44. The molecule has 1 aromatic rings. The van der Waals surface area contributed by atoms with Crippen molar-refractivity contribution in [2.45, 2.75) is 38.0 Å². The van der Waals surface area contributed by atoms with Crippen molar-refractivity contribution in [3.05, 3.63) is 35.4 Å². The Kier molecular flexibility index (Phi) is 6.44. The van der Waals surface area contributed by atoms with Crippen LogP contribution in [0.5, 0.6) is 0 Å². The van der Waals surface area contributed by atoms with E-state index in [-0.39, 0.29) is 6.03 Å². The number of nitrogens with one attached hydrogen (secondary N) is 1. The van der Waals surface area contributed by atoms with Gasteiger partial charge in [-0.2, -0.15) is 11.8 Å². The van der Waals surface area contributed by atoms with Crippen LogP contribution in [0.1, 0.15) is 30.4 Å². The maximum atomic E-state index is 12.4. The quantitative estimate of drug-likeness (QED) is 0.732. The van der Waals surface area contributed by atoms with Gasteiger partial charge >= 0.3 is 6.03 Å². The molecule has 24 heavy (non-hydrogen) atoms. The Morgan fingerprint density at radius 3 is 2.75 bits per heavy atom. The van der Waals surface area contributed by atoms with Crippen molar-refractivity contribution in [2.75, 3.05) is 32.1 Å². The molecule has 1 saturated heterocycles. The number of ether oxygens (including phenoxy) is 1. The van der Waals surface area contributed by atoms with E-state index in [9.17, 15) is 4.79 Å². The van der Waals surface area contributed by atoms with E-state index in [2.05, 4.69) is 36.5 Å². The van der Waals surface area contributed by atoms with E-state index in [1.54, 1.807) is 0 Å². The number of nitrogens with zero attached hydrogens (tertiary/aromatic N) is 1. The third kappa shape index (κ3) is 5.42. The number of aryl methyl sites for hydroxylation is 1. The molecule has 2 fully saturated rings. The number of benzene rings is 1.